The summed E-state index contributed by atoms with van der Waals surface area (Å²) in [5.41, 5.74) is 3.93. The van der Waals surface area contributed by atoms with E-state index >= 15 is 0 Å². The predicted molar refractivity (Wildman–Crippen MR) is 122 cm³/mol. The van der Waals surface area contributed by atoms with Crippen molar-refractivity contribution in [3.8, 4) is 5.75 Å². The summed E-state index contributed by atoms with van der Waals surface area (Å²) in [6.45, 7) is 0. The van der Waals surface area contributed by atoms with Crippen LogP contribution in [0, 0.1) is 0 Å². The van der Waals surface area contributed by atoms with Crippen molar-refractivity contribution < 1.29 is 9.53 Å². The van der Waals surface area contributed by atoms with Crippen LogP contribution >= 0.6 is 24.2 Å². The molecule has 0 bridgehead atoms. The standard InChI is InChI=1S/C24H18ClNO2S/c1-28-20-12-6-16(7-13-20)14-18-15-22(17-8-10-19(25)11-9-17)26(24(18)27)21-4-2-3-5-23(21)29/h2-15,29H,1H3/b18-14-. The van der Waals surface area contributed by atoms with Crippen molar-refractivity contribution in [1.82, 2.24) is 0 Å². The van der Waals surface area contributed by atoms with Crippen molar-refractivity contribution in [3.63, 3.8) is 0 Å². The summed E-state index contributed by atoms with van der Waals surface area (Å²) in [7, 11) is 1.63. The quantitative estimate of drug-likeness (QED) is 0.408. The SMILES string of the molecule is COc1ccc(/C=C2/C=C(c3ccc(Cl)cc3)N(c3ccccc3S)C2=O)cc1. The number of carbonyl (C=O) groups is 1. The first-order valence-corrected chi connectivity index (χ1v) is 9.85. The second-order valence-corrected chi connectivity index (χ2v) is 7.46. The molecule has 0 saturated heterocycles. The van der Waals surface area contributed by atoms with Gasteiger partial charge >= 0.3 is 0 Å². The maximum atomic E-state index is 13.4. The van der Waals surface area contributed by atoms with Crippen LogP contribution in [-0.2, 0) is 4.79 Å². The van der Waals surface area contributed by atoms with Gasteiger partial charge in [0.2, 0.25) is 0 Å². The molecule has 3 nitrogen and oxygen atoms in total. The van der Waals surface area contributed by atoms with Crippen LogP contribution in [0.3, 0.4) is 0 Å². The van der Waals surface area contributed by atoms with E-state index in [2.05, 4.69) is 12.6 Å². The van der Waals surface area contributed by atoms with E-state index in [9.17, 15) is 4.79 Å². The van der Waals surface area contributed by atoms with Gasteiger partial charge in [0.1, 0.15) is 5.75 Å². The summed E-state index contributed by atoms with van der Waals surface area (Å²) in [5.74, 6) is 0.667. The molecule has 1 amide bonds. The highest BCUT2D eigenvalue weighted by Gasteiger charge is 2.31. The molecule has 3 aromatic rings. The Kier molecular flexibility index (Phi) is 5.47. The molecule has 0 spiro atoms. The van der Waals surface area contributed by atoms with Gasteiger partial charge in [-0.15, -0.1) is 12.6 Å². The van der Waals surface area contributed by atoms with Crippen LogP contribution in [0.25, 0.3) is 11.8 Å². The summed E-state index contributed by atoms with van der Waals surface area (Å²) in [4.78, 5) is 15.8. The second kappa shape index (κ2) is 8.19. The number of hydrogen-bond donors (Lipinski definition) is 1. The Morgan fingerprint density at radius 2 is 1.66 bits per heavy atom. The minimum atomic E-state index is -0.104. The van der Waals surface area contributed by atoms with E-state index in [-0.39, 0.29) is 5.91 Å². The summed E-state index contributed by atoms with van der Waals surface area (Å²) in [5, 5.41) is 0.647. The highest BCUT2D eigenvalue weighted by atomic mass is 35.5. The maximum absolute atomic E-state index is 13.4. The smallest absolute Gasteiger partial charge is 0.262 e. The average molecular weight is 420 g/mol. The molecule has 0 fully saturated rings. The zero-order valence-corrected chi connectivity index (χ0v) is 17.3. The molecule has 1 aliphatic rings. The van der Waals surface area contributed by atoms with E-state index in [4.69, 9.17) is 16.3 Å². The molecular weight excluding hydrogens is 402 g/mol. The molecular formula is C24H18ClNO2S. The van der Waals surface area contributed by atoms with Gasteiger partial charge in [-0.2, -0.15) is 0 Å². The lowest BCUT2D eigenvalue weighted by Gasteiger charge is -2.22. The zero-order chi connectivity index (χ0) is 20.4. The Hall–Kier alpha value is -2.95. The number of carbonyl (C=O) groups excluding carboxylic acids is 1. The van der Waals surface area contributed by atoms with Gasteiger partial charge < -0.3 is 4.74 Å². The fourth-order valence-electron chi connectivity index (χ4n) is 3.22. The average Bonchev–Trinajstić information content (AvgIpc) is 3.05. The lowest BCUT2D eigenvalue weighted by molar-refractivity contribution is -0.113. The molecule has 29 heavy (non-hydrogen) atoms. The largest absolute Gasteiger partial charge is 0.497 e. The van der Waals surface area contributed by atoms with Crippen LogP contribution in [0.2, 0.25) is 5.02 Å². The van der Waals surface area contributed by atoms with Crippen LogP contribution in [0.5, 0.6) is 5.75 Å². The Morgan fingerprint density at radius 1 is 0.966 bits per heavy atom. The number of anilines is 1. The van der Waals surface area contributed by atoms with Crippen molar-refractivity contribution in [2.45, 2.75) is 4.90 Å². The van der Waals surface area contributed by atoms with Gasteiger partial charge in [0, 0.05) is 15.5 Å². The Morgan fingerprint density at radius 3 is 2.31 bits per heavy atom. The number of halogens is 1. The van der Waals surface area contributed by atoms with Gasteiger partial charge in [-0.05, 0) is 59.7 Å². The molecule has 0 radical (unpaired) electrons. The fourth-order valence-corrected chi connectivity index (χ4v) is 3.61. The van der Waals surface area contributed by atoms with Crippen LogP contribution in [0.4, 0.5) is 5.69 Å². The zero-order valence-electron chi connectivity index (χ0n) is 15.7. The normalized spacial score (nSPS) is 15.0. The number of benzene rings is 3. The number of amides is 1. The number of thiol groups is 1. The number of rotatable bonds is 4. The van der Waals surface area contributed by atoms with E-state index in [1.54, 1.807) is 12.0 Å². The third-order valence-electron chi connectivity index (χ3n) is 4.68. The first kappa shape index (κ1) is 19.4. The molecule has 0 aromatic heterocycles. The highest BCUT2D eigenvalue weighted by molar-refractivity contribution is 7.80. The fraction of sp³-hybridized carbons (Fsp3) is 0.0417. The minimum Gasteiger partial charge on any atom is -0.497 e. The molecule has 0 atom stereocenters. The van der Waals surface area contributed by atoms with Crippen LogP contribution in [-0.4, -0.2) is 13.0 Å². The molecule has 0 saturated carbocycles. The molecule has 0 aliphatic carbocycles. The van der Waals surface area contributed by atoms with Crippen molar-refractivity contribution in [1.29, 1.82) is 0 Å². The molecule has 0 N–H and O–H groups in total. The third kappa shape index (κ3) is 3.95. The molecule has 0 unspecified atom stereocenters. The number of methoxy groups -OCH3 is 1. The Balaban J connectivity index is 1.81. The molecule has 1 aliphatic heterocycles. The van der Waals surface area contributed by atoms with Crippen molar-refractivity contribution in [2.24, 2.45) is 0 Å². The highest BCUT2D eigenvalue weighted by Crippen LogP contribution is 2.38. The molecule has 1 heterocycles. The Bertz CT molecular complexity index is 1120. The van der Waals surface area contributed by atoms with Crippen molar-refractivity contribution in [2.75, 3.05) is 12.0 Å². The van der Waals surface area contributed by atoms with Crippen LogP contribution in [0.15, 0.2) is 89.3 Å². The minimum absolute atomic E-state index is 0.104. The second-order valence-electron chi connectivity index (χ2n) is 6.54. The van der Waals surface area contributed by atoms with Gasteiger partial charge in [0.05, 0.1) is 18.5 Å². The van der Waals surface area contributed by atoms with E-state index < -0.39 is 0 Å². The topological polar surface area (TPSA) is 29.5 Å². The maximum Gasteiger partial charge on any atom is 0.262 e. The summed E-state index contributed by atoms with van der Waals surface area (Å²) >= 11 is 10.6. The summed E-state index contributed by atoms with van der Waals surface area (Å²) < 4.78 is 5.21. The lowest BCUT2D eigenvalue weighted by atomic mass is 10.1. The van der Waals surface area contributed by atoms with E-state index in [0.717, 1.165) is 33.2 Å². The number of para-hydroxylation sites is 1. The monoisotopic (exact) mass is 419 g/mol. The van der Waals surface area contributed by atoms with Gasteiger partial charge in [0.15, 0.2) is 0 Å². The van der Waals surface area contributed by atoms with Crippen molar-refractivity contribution >= 4 is 47.6 Å². The number of nitrogens with zero attached hydrogens (tertiary/aromatic N) is 1. The van der Waals surface area contributed by atoms with Gasteiger partial charge in [-0.3, -0.25) is 9.69 Å². The van der Waals surface area contributed by atoms with Crippen LogP contribution in [0.1, 0.15) is 11.1 Å². The lowest BCUT2D eigenvalue weighted by Crippen LogP contribution is -2.25. The van der Waals surface area contributed by atoms with E-state index in [1.807, 2.05) is 84.9 Å². The van der Waals surface area contributed by atoms with Crippen LogP contribution < -0.4 is 9.64 Å². The summed E-state index contributed by atoms with van der Waals surface area (Å²) in [6, 6.07) is 22.6. The predicted octanol–water partition coefficient (Wildman–Crippen LogP) is 6.11. The number of ether oxygens (including phenoxy) is 1. The first-order valence-electron chi connectivity index (χ1n) is 9.02. The van der Waals surface area contributed by atoms with E-state index in [0.29, 0.717) is 10.6 Å². The Labute approximate surface area is 180 Å². The first-order chi connectivity index (χ1) is 14.1. The van der Waals surface area contributed by atoms with Crippen molar-refractivity contribution in [3.05, 3.63) is 101 Å². The van der Waals surface area contributed by atoms with Gasteiger partial charge in [-0.1, -0.05) is 48.0 Å². The van der Waals surface area contributed by atoms with Gasteiger partial charge in [-0.25, -0.2) is 0 Å². The number of hydrogen-bond acceptors (Lipinski definition) is 3. The summed E-state index contributed by atoms with van der Waals surface area (Å²) in [6.07, 6.45) is 3.77. The molecule has 5 heteroatoms. The molecule has 144 valence electrons. The molecule has 4 rings (SSSR count). The van der Waals surface area contributed by atoms with Gasteiger partial charge in [0.25, 0.3) is 5.91 Å². The molecule has 3 aromatic carbocycles. The van der Waals surface area contributed by atoms with E-state index in [1.165, 1.54) is 0 Å². The third-order valence-corrected chi connectivity index (χ3v) is 5.31.